The number of carbonyl (C=O) groups is 2. The van der Waals surface area contributed by atoms with Crippen molar-refractivity contribution in [1.29, 1.82) is 0 Å². The molecule has 2 heterocycles. The van der Waals surface area contributed by atoms with Crippen LogP contribution in [0, 0.1) is 5.92 Å². The van der Waals surface area contributed by atoms with Crippen LogP contribution in [0.4, 0.5) is 4.79 Å². The smallest absolute Gasteiger partial charge is 0.410 e. The SMILES string of the molecule is C[C@@H]1C(=O)N(C2CN(C(=O)OC(C)(C)C)C2)C[C@H]1c1c(OCOCC[Si](C)(C)C)ccc(Cl)c1Cl. The van der Waals surface area contributed by atoms with Crippen molar-refractivity contribution in [2.75, 3.05) is 33.0 Å². The minimum atomic E-state index is -1.19. The second-order valence-electron chi connectivity index (χ2n) is 11.7. The molecule has 10 heteroatoms. The summed E-state index contributed by atoms with van der Waals surface area (Å²) in [5, 5.41) is 0.827. The van der Waals surface area contributed by atoms with Crippen LogP contribution in [0.3, 0.4) is 0 Å². The highest BCUT2D eigenvalue weighted by Gasteiger charge is 2.47. The number of likely N-dealkylation sites (tertiary alicyclic amines) is 2. The molecule has 0 saturated carbocycles. The second kappa shape index (κ2) is 10.9. The summed E-state index contributed by atoms with van der Waals surface area (Å²) in [4.78, 5) is 29.0. The highest BCUT2D eigenvalue weighted by Crippen LogP contribution is 2.45. The van der Waals surface area contributed by atoms with Gasteiger partial charge in [-0.15, -0.1) is 0 Å². The zero-order valence-corrected chi connectivity index (χ0v) is 24.3. The van der Waals surface area contributed by atoms with Crippen LogP contribution in [0.2, 0.25) is 35.7 Å². The highest BCUT2D eigenvalue weighted by atomic mass is 35.5. The molecule has 3 rings (SSSR count). The van der Waals surface area contributed by atoms with Crippen molar-refractivity contribution in [2.45, 2.75) is 70.9 Å². The van der Waals surface area contributed by atoms with Crippen molar-refractivity contribution in [3.63, 3.8) is 0 Å². The summed E-state index contributed by atoms with van der Waals surface area (Å²) in [7, 11) is -1.19. The van der Waals surface area contributed by atoms with E-state index in [-0.39, 0.29) is 36.7 Å². The Morgan fingerprint density at radius 1 is 1.14 bits per heavy atom. The van der Waals surface area contributed by atoms with E-state index in [0.717, 1.165) is 11.6 Å². The van der Waals surface area contributed by atoms with Gasteiger partial charge in [0.25, 0.3) is 0 Å². The minimum Gasteiger partial charge on any atom is -0.467 e. The molecule has 1 aromatic carbocycles. The molecule has 196 valence electrons. The van der Waals surface area contributed by atoms with Crippen LogP contribution in [0.25, 0.3) is 0 Å². The Morgan fingerprint density at radius 3 is 2.40 bits per heavy atom. The largest absolute Gasteiger partial charge is 0.467 e. The zero-order chi connectivity index (χ0) is 26.1. The van der Waals surface area contributed by atoms with Crippen molar-refractivity contribution < 1.29 is 23.8 Å². The van der Waals surface area contributed by atoms with Gasteiger partial charge in [-0.05, 0) is 38.9 Å². The average Bonchev–Trinajstić information content (AvgIpc) is 2.96. The van der Waals surface area contributed by atoms with Crippen molar-refractivity contribution >= 4 is 43.3 Å². The number of nitrogens with zero attached hydrogens (tertiary/aromatic N) is 2. The summed E-state index contributed by atoms with van der Waals surface area (Å²) < 4.78 is 17.1. The van der Waals surface area contributed by atoms with Gasteiger partial charge >= 0.3 is 6.09 Å². The maximum Gasteiger partial charge on any atom is 0.410 e. The Bertz CT molecular complexity index is 941. The lowest BCUT2D eigenvalue weighted by molar-refractivity contribution is -0.135. The molecule has 0 aromatic heterocycles. The fraction of sp³-hybridized carbons (Fsp3) is 0.680. The van der Waals surface area contributed by atoms with Crippen molar-refractivity contribution in [1.82, 2.24) is 9.80 Å². The van der Waals surface area contributed by atoms with Crippen molar-refractivity contribution in [3.8, 4) is 5.75 Å². The Labute approximate surface area is 220 Å². The standard InChI is InChI=1S/C25H38Cl2N2O5Si/c1-16-18(14-29(23(16)30)17-12-28(13-17)24(31)34-25(2,3)4)21-20(9-8-19(26)22(21)27)33-15-32-10-11-35(5,6)7/h8-9,16-18H,10-15H2,1-7H3/t16-,18+/m0/s1. The second-order valence-corrected chi connectivity index (χ2v) is 18.1. The van der Waals surface area contributed by atoms with Crippen LogP contribution in [-0.2, 0) is 14.3 Å². The fourth-order valence-corrected chi connectivity index (χ4v) is 5.47. The Hall–Kier alpha value is -1.48. The van der Waals surface area contributed by atoms with E-state index < -0.39 is 13.7 Å². The molecular formula is C25H38Cl2N2O5Si. The molecule has 2 aliphatic heterocycles. The number of hydrogen-bond donors (Lipinski definition) is 0. The van der Waals surface area contributed by atoms with Crippen LogP contribution in [-0.4, -0.2) is 74.6 Å². The summed E-state index contributed by atoms with van der Waals surface area (Å²) in [6, 6.07) is 4.50. The summed E-state index contributed by atoms with van der Waals surface area (Å²) in [5.41, 5.74) is 0.184. The number of halogens is 2. The monoisotopic (exact) mass is 544 g/mol. The van der Waals surface area contributed by atoms with Gasteiger partial charge < -0.3 is 24.0 Å². The molecule has 2 fully saturated rings. The van der Waals surface area contributed by atoms with E-state index in [9.17, 15) is 9.59 Å². The van der Waals surface area contributed by atoms with E-state index in [1.54, 1.807) is 17.0 Å². The van der Waals surface area contributed by atoms with E-state index in [1.807, 2.05) is 32.6 Å². The van der Waals surface area contributed by atoms with E-state index in [2.05, 4.69) is 19.6 Å². The number of benzene rings is 1. The molecule has 2 atom stereocenters. The first-order chi connectivity index (χ1) is 16.2. The first kappa shape index (κ1) is 28.1. The predicted molar refractivity (Wildman–Crippen MR) is 141 cm³/mol. The molecule has 35 heavy (non-hydrogen) atoms. The Morgan fingerprint density at radius 2 is 1.80 bits per heavy atom. The topological polar surface area (TPSA) is 68.3 Å². The van der Waals surface area contributed by atoms with Gasteiger partial charge in [-0.1, -0.05) is 49.8 Å². The predicted octanol–water partition coefficient (Wildman–Crippen LogP) is 5.87. The number of rotatable bonds is 8. The fourth-order valence-electron chi connectivity index (χ4n) is 4.25. The molecule has 7 nitrogen and oxygen atoms in total. The van der Waals surface area contributed by atoms with Gasteiger partial charge in [-0.25, -0.2) is 4.79 Å². The van der Waals surface area contributed by atoms with Crippen molar-refractivity contribution in [2.24, 2.45) is 5.92 Å². The third kappa shape index (κ3) is 7.05. The third-order valence-corrected chi connectivity index (χ3v) is 8.90. The molecule has 2 aliphatic rings. The van der Waals surface area contributed by atoms with E-state index in [0.29, 0.717) is 42.0 Å². The average molecular weight is 546 g/mol. The van der Waals surface area contributed by atoms with E-state index >= 15 is 0 Å². The molecule has 0 unspecified atom stereocenters. The molecular weight excluding hydrogens is 507 g/mol. The Kier molecular flexibility index (Phi) is 8.72. The number of hydrogen-bond acceptors (Lipinski definition) is 5. The van der Waals surface area contributed by atoms with Crippen LogP contribution in [0.15, 0.2) is 12.1 Å². The first-order valence-corrected chi connectivity index (χ1v) is 16.6. The van der Waals surface area contributed by atoms with Crippen LogP contribution >= 0.6 is 23.2 Å². The van der Waals surface area contributed by atoms with Gasteiger partial charge in [-0.3, -0.25) is 4.79 Å². The van der Waals surface area contributed by atoms with Gasteiger partial charge in [-0.2, -0.15) is 0 Å². The maximum absolute atomic E-state index is 13.2. The highest BCUT2D eigenvalue weighted by molar-refractivity contribution is 6.76. The number of amides is 2. The van der Waals surface area contributed by atoms with Crippen LogP contribution < -0.4 is 4.74 Å². The lowest BCUT2D eigenvalue weighted by Gasteiger charge is -2.44. The normalized spacial score (nSPS) is 21.3. The minimum absolute atomic E-state index is 0.0391. The molecule has 1 aromatic rings. The Balaban J connectivity index is 1.67. The van der Waals surface area contributed by atoms with Gasteiger partial charge in [0.2, 0.25) is 5.91 Å². The van der Waals surface area contributed by atoms with Gasteiger partial charge in [0.15, 0.2) is 6.79 Å². The lowest BCUT2D eigenvalue weighted by Crippen LogP contribution is -2.62. The molecule has 0 N–H and O–H groups in total. The van der Waals surface area contributed by atoms with Gasteiger partial charge in [0, 0.05) is 51.7 Å². The van der Waals surface area contributed by atoms with Crippen LogP contribution in [0.1, 0.15) is 39.2 Å². The molecule has 0 spiro atoms. The molecule has 0 bridgehead atoms. The van der Waals surface area contributed by atoms with E-state index in [4.69, 9.17) is 37.4 Å². The molecule has 0 radical (unpaired) electrons. The summed E-state index contributed by atoms with van der Waals surface area (Å²) in [6.45, 7) is 16.5. The van der Waals surface area contributed by atoms with Crippen molar-refractivity contribution in [3.05, 3.63) is 27.7 Å². The summed E-state index contributed by atoms with van der Waals surface area (Å²) in [5.74, 6) is 0.151. The first-order valence-electron chi connectivity index (χ1n) is 12.1. The molecule has 2 saturated heterocycles. The molecule has 0 aliphatic carbocycles. The lowest BCUT2D eigenvalue weighted by atomic mass is 9.89. The van der Waals surface area contributed by atoms with Crippen LogP contribution in [0.5, 0.6) is 5.75 Å². The molecule has 2 amide bonds. The quantitative estimate of drug-likeness (QED) is 0.232. The third-order valence-electron chi connectivity index (χ3n) is 6.38. The summed E-state index contributed by atoms with van der Waals surface area (Å²) in [6.07, 6.45) is -0.354. The van der Waals surface area contributed by atoms with Gasteiger partial charge in [0.05, 0.1) is 16.1 Å². The maximum atomic E-state index is 13.2. The van der Waals surface area contributed by atoms with Gasteiger partial charge in [0.1, 0.15) is 11.4 Å². The summed E-state index contributed by atoms with van der Waals surface area (Å²) >= 11 is 13.0. The van der Waals surface area contributed by atoms with E-state index in [1.165, 1.54) is 0 Å². The number of ether oxygens (including phenoxy) is 3. The number of carbonyl (C=O) groups excluding carboxylic acids is 2. The zero-order valence-electron chi connectivity index (χ0n) is 21.8.